The average Bonchev–Trinajstić information content (AvgIpc) is 2.87. The van der Waals surface area contributed by atoms with Crippen molar-refractivity contribution < 1.29 is 14.3 Å². The van der Waals surface area contributed by atoms with Crippen LogP contribution in [0.1, 0.15) is 11.4 Å². The van der Waals surface area contributed by atoms with Crippen molar-refractivity contribution in [1.82, 2.24) is 9.97 Å². The van der Waals surface area contributed by atoms with Gasteiger partial charge in [0.25, 0.3) is 5.91 Å². The molecule has 1 aliphatic rings. The van der Waals surface area contributed by atoms with Crippen molar-refractivity contribution in [3.63, 3.8) is 0 Å². The van der Waals surface area contributed by atoms with E-state index in [1.165, 1.54) is 7.11 Å². The van der Waals surface area contributed by atoms with E-state index in [-0.39, 0.29) is 4.91 Å². The van der Waals surface area contributed by atoms with Crippen molar-refractivity contribution in [2.24, 2.45) is 4.99 Å². The van der Waals surface area contributed by atoms with Gasteiger partial charge in [-0.15, -0.1) is 0 Å². The summed E-state index contributed by atoms with van der Waals surface area (Å²) >= 11 is 1.10. The Morgan fingerprint density at radius 1 is 1.23 bits per heavy atom. The van der Waals surface area contributed by atoms with Gasteiger partial charge in [0, 0.05) is 6.08 Å². The SMILES string of the molecule is COC(=O)/C=C1/SC(c2nc3ccccc3nc2C)=NC1=O. The number of carbonyl (C=O) groups is 2. The molecule has 110 valence electrons. The summed E-state index contributed by atoms with van der Waals surface area (Å²) in [7, 11) is 1.25. The molecule has 1 aromatic heterocycles. The Morgan fingerprint density at radius 2 is 1.91 bits per heavy atom. The predicted octanol–water partition coefficient (Wildman–Crippen LogP) is 2.02. The molecule has 0 radical (unpaired) electrons. The van der Waals surface area contributed by atoms with Gasteiger partial charge in [0.15, 0.2) is 0 Å². The number of hydrogen-bond acceptors (Lipinski definition) is 6. The number of hydrogen-bond donors (Lipinski definition) is 0. The maximum Gasteiger partial charge on any atom is 0.331 e. The van der Waals surface area contributed by atoms with Crippen LogP contribution < -0.4 is 0 Å². The number of rotatable bonds is 2. The number of carbonyl (C=O) groups excluding carboxylic acids is 2. The molecule has 1 aliphatic heterocycles. The molecule has 0 spiro atoms. The normalized spacial score (nSPS) is 16.2. The standard InChI is InChI=1S/C15H11N3O3S/c1-8-13(17-10-6-4-3-5-9(10)16-8)15-18-14(20)11(22-15)7-12(19)21-2/h3-7H,1-2H3/b11-7+. The molecule has 0 fully saturated rings. The Labute approximate surface area is 130 Å². The Morgan fingerprint density at radius 3 is 2.59 bits per heavy atom. The maximum atomic E-state index is 11.9. The van der Waals surface area contributed by atoms with Crippen LogP contribution in [0, 0.1) is 6.92 Å². The lowest BCUT2D eigenvalue weighted by Gasteiger charge is -2.05. The third-order valence-corrected chi connectivity index (χ3v) is 4.01. The summed E-state index contributed by atoms with van der Waals surface area (Å²) in [5, 5.41) is 0.441. The van der Waals surface area contributed by atoms with Gasteiger partial charge in [0.1, 0.15) is 10.7 Å². The van der Waals surface area contributed by atoms with E-state index < -0.39 is 11.9 Å². The topological polar surface area (TPSA) is 81.5 Å². The van der Waals surface area contributed by atoms with Gasteiger partial charge in [-0.2, -0.15) is 4.99 Å². The molecule has 2 heterocycles. The Hall–Kier alpha value is -2.54. The number of fused-ring (bicyclic) bond motifs is 1. The highest BCUT2D eigenvalue weighted by molar-refractivity contribution is 8.19. The van der Waals surface area contributed by atoms with Crippen molar-refractivity contribution in [3.8, 4) is 0 Å². The van der Waals surface area contributed by atoms with E-state index >= 15 is 0 Å². The number of aromatic nitrogens is 2. The molecule has 22 heavy (non-hydrogen) atoms. The molecule has 0 unspecified atom stereocenters. The third-order valence-electron chi connectivity index (χ3n) is 3.02. The number of ether oxygens (including phenoxy) is 1. The van der Waals surface area contributed by atoms with Crippen molar-refractivity contribution in [3.05, 3.63) is 46.6 Å². The van der Waals surface area contributed by atoms with Crippen LogP contribution in [-0.2, 0) is 14.3 Å². The lowest BCUT2D eigenvalue weighted by molar-refractivity contribution is -0.135. The van der Waals surface area contributed by atoms with E-state index in [4.69, 9.17) is 0 Å². The lowest BCUT2D eigenvalue weighted by Crippen LogP contribution is -2.03. The minimum atomic E-state index is -0.589. The van der Waals surface area contributed by atoms with Gasteiger partial charge < -0.3 is 4.74 Å². The van der Waals surface area contributed by atoms with Gasteiger partial charge in [-0.05, 0) is 19.1 Å². The third kappa shape index (κ3) is 2.62. The second-order valence-electron chi connectivity index (χ2n) is 4.50. The van der Waals surface area contributed by atoms with E-state index in [1.54, 1.807) is 0 Å². The molecule has 1 amide bonds. The Kier molecular flexibility index (Phi) is 3.72. The van der Waals surface area contributed by atoms with Crippen LogP contribution in [0.5, 0.6) is 0 Å². The summed E-state index contributed by atoms with van der Waals surface area (Å²) in [6.07, 6.45) is 1.13. The fourth-order valence-electron chi connectivity index (χ4n) is 1.97. The quantitative estimate of drug-likeness (QED) is 0.623. The molecule has 3 rings (SSSR count). The van der Waals surface area contributed by atoms with Crippen LogP contribution in [-0.4, -0.2) is 34.0 Å². The summed E-state index contributed by atoms with van der Waals surface area (Å²) in [6, 6.07) is 7.47. The number of benzene rings is 1. The highest BCUT2D eigenvalue weighted by atomic mass is 32.2. The van der Waals surface area contributed by atoms with Crippen molar-refractivity contribution >= 4 is 39.7 Å². The predicted molar refractivity (Wildman–Crippen MR) is 83.5 cm³/mol. The zero-order valence-corrected chi connectivity index (χ0v) is 12.7. The first-order valence-corrected chi connectivity index (χ1v) is 7.24. The molecular weight excluding hydrogens is 302 g/mol. The summed E-state index contributed by atoms with van der Waals surface area (Å²) in [4.78, 5) is 36.3. The van der Waals surface area contributed by atoms with Crippen LogP contribution in [0.15, 0.2) is 40.2 Å². The Balaban J connectivity index is 2.00. The number of para-hydroxylation sites is 2. The molecule has 1 aromatic carbocycles. The molecular formula is C15H11N3O3S. The molecule has 0 atom stereocenters. The molecule has 0 saturated carbocycles. The zero-order valence-electron chi connectivity index (χ0n) is 11.9. The van der Waals surface area contributed by atoms with E-state index in [2.05, 4.69) is 19.7 Å². The fourth-order valence-corrected chi connectivity index (χ4v) is 2.88. The number of methoxy groups -OCH3 is 1. The molecule has 0 aliphatic carbocycles. The van der Waals surface area contributed by atoms with Crippen LogP contribution in [0.25, 0.3) is 11.0 Å². The van der Waals surface area contributed by atoms with Crippen LogP contribution in [0.4, 0.5) is 0 Å². The van der Waals surface area contributed by atoms with Gasteiger partial charge in [0.2, 0.25) is 0 Å². The number of esters is 1. The average molecular weight is 313 g/mol. The number of amides is 1. The van der Waals surface area contributed by atoms with E-state index in [1.807, 2.05) is 31.2 Å². The molecule has 0 bridgehead atoms. The Bertz CT molecular complexity index is 858. The maximum absolute atomic E-state index is 11.9. The molecule has 0 saturated heterocycles. The lowest BCUT2D eigenvalue weighted by atomic mass is 10.2. The van der Waals surface area contributed by atoms with Crippen LogP contribution >= 0.6 is 11.8 Å². The second kappa shape index (κ2) is 5.69. The van der Waals surface area contributed by atoms with Gasteiger partial charge in [-0.3, -0.25) is 4.79 Å². The van der Waals surface area contributed by atoms with Crippen LogP contribution in [0.2, 0.25) is 0 Å². The number of aryl methyl sites for hydroxylation is 1. The molecule has 7 heteroatoms. The monoisotopic (exact) mass is 313 g/mol. The summed E-state index contributed by atoms with van der Waals surface area (Å²) in [5.41, 5.74) is 2.73. The van der Waals surface area contributed by atoms with Gasteiger partial charge in [-0.25, -0.2) is 14.8 Å². The summed E-state index contributed by atoms with van der Waals surface area (Å²) in [5.74, 6) is -1.06. The van der Waals surface area contributed by atoms with Crippen molar-refractivity contribution in [2.75, 3.05) is 7.11 Å². The highest BCUT2D eigenvalue weighted by Crippen LogP contribution is 2.30. The van der Waals surface area contributed by atoms with E-state index in [0.717, 1.165) is 28.9 Å². The first kappa shape index (κ1) is 14.4. The number of aliphatic imine (C=N–C) groups is 1. The molecule has 0 N–H and O–H groups in total. The zero-order chi connectivity index (χ0) is 15.7. The minimum Gasteiger partial charge on any atom is -0.466 e. The largest absolute Gasteiger partial charge is 0.466 e. The first-order valence-electron chi connectivity index (χ1n) is 6.43. The number of nitrogens with zero attached hydrogens (tertiary/aromatic N) is 3. The summed E-state index contributed by atoms with van der Waals surface area (Å²) < 4.78 is 4.52. The molecule has 2 aromatic rings. The minimum absolute atomic E-state index is 0.219. The van der Waals surface area contributed by atoms with E-state index in [9.17, 15) is 9.59 Å². The second-order valence-corrected chi connectivity index (χ2v) is 5.53. The fraction of sp³-hybridized carbons (Fsp3) is 0.133. The van der Waals surface area contributed by atoms with Crippen LogP contribution in [0.3, 0.4) is 0 Å². The van der Waals surface area contributed by atoms with Gasteiger partial charge in [-0.1, -0.05) is 23.9 Å². The highest BCUT2D eigenvalue weighted by Gasteiger charge is 2.26. The summed E-state index contributed by atoms with van der Waals surface area (Å²) in [6.45, 7) is 1.81. The van der Waals surface area contributed by atoms with E-state index in [0.29, 0.717) is 16.4 Å². The van der Waals surface area contributed by atoms with Gasteiger partial charge in [0.05, 0.1) is 28.7 Å². The smallest absolute Gasteiger partial charge is 0.331 e. The number of thioether (sulfide) groups is 1. The molecule has 6 nitrogen and oxygen atoms in total. The van der Waals surface area contributed by atoms with Crippen molar-refractivity contribution in [1.29, 1.82) is 0 Å². The van der Waals surface area contributed by atoms with Gasteiger partial charge >= 0.3 is 5.97 Å². The van der Waals surface area contributed by atoms with Crippen molar-refractivity contribution in [2.45, 2.75) is 6.92 Å². The first-order chi connectivity index (χ1) is 10.6.